The summed E-state index contributed by atoms with van der Waals surface area (Å²) in [4.78, 5) is 12.4. The van der Waals surface area contributed by atoms with Crippen LogP contribution in [0.25, 0.3) is 4.91 Å². The van der Waals surface area contributed by atoms with E-state index in [1.807, 2.05) is 19.4 Å². The minimum atomic E-state index is -0.384. The van der Waals surface area contributed by atoms with Gasteiger partial charge < -0.3 is 10.7 Å². The first-order chi connectivity index (χ1) is 8.11. The van der Waals surface area contributed by atoms with E-state index >= 15 is 0 Å². The van der Waals surface area contributed by atoms with Crippen molar-refractivity contribution in [3.8, 4) is 0 Å². The van der Waals surface area contributed by atoms with Crippen LogP contribution in [0.3, 0.4) is 0 Å². The minimum absolute atomic E-state index is 0.00540. The Morgan fingerprint density at radius 2 is 2.53 bits per heavy atom. The quantitative estimate of drug-likeness (QED) is 0.789. The average Bonchev–Trinajstić information content (AvgIpc) is 2.87. The van der Waals surface area contributed by atoms with Crippen molar-refractivity contribution in [3.63, 3.8) is 0 Å². The van der Waals surface area contributed by atoms with E-state index < -0.39 is 0 Å². The maximum atomic E-state index is 11.4. The lowest BCUT2D eigenvalue weighted by molar-refractivity contribution is -0.118. The molecular formula is C11H14N4OS. The zero-order chi connectivity index (χ0) is 12.4. The van der Waals surface area contributed by atoms with Gasteiger partial charge in [-0.05, 0) is 6.92 Å². The van der Waals surface area contributed by atoms with Crippen LogP contribution in [0.15, 0.2) is 18.6 Å². The molecule has 0 bridgehead atoms. The molecule has 2 unspecified atom stereocenters. The van der Waals surface area contributed by atoms with Gasteiger partial charge >= 0.3 is 0 Å². The van der Waals surface area contributed by atoms with Crippen LogP contribution in [0, 0.1) is 11.3 Å². The second-order valence-electron chi connectivity index (χ2n) is 3.92. The Bertz CT molecular complexity index is 480. The number of ketones is 1. The van der Waals surface area contributed by atoms with E-state index in [2.05, 4.69) is 10.4 Å². The summed E-state index contributed by atoms with van der Waals surface area (Å²) in [6.45, 7) is 1.51. The summed E-state index contributed by atoms with van der Waals surface area (Å²) >= 11 is 1.56. The average molecular weight is 250 g/mol. The molecule has 0 spiro atoms. The number of nitrogens with zero attached hydrogens (tertiary/aromatic N) is 2. The first-order valence-corrected chi connectivity index (χ1v) is 6.12. The van der Waals surface area contributed by atoms with Gasteiger partial charge in [0.25, 0.3) is 0 Å². The lowest BCUT2D eigenvalue weighted by atomic mass is 10.1. The van der Waals surface area contributed by atoms with Crippen molar-refractivity contribution in [1.29, 1.82) is 5.41 Å². The van der Waals surface area contributed by atoms with Gasteiger partial charge in [0.2, 0.25) is 0 Å². The Hall–Kier alpha value is -1.56. The van der Waals surface area contributed by atoms with Crippen LogP contribution < -0.4 is 5.32 Å². The van der Waals surface area contributed by atoms with Gasteiger partial charge in [0.05, 0.1) is 17.5 Å². The Kier molecular flexibility index (Phi) is 3.33. The number of nitrogens with one attached hydrogen (secondary N) is 2. The lowest BCUT2D eigenvalue weighted by Crippen LogP contribution is -2.32. The minimum Gasteiger partial charge on any atom is -0.377 e. The molecular weight excluding hydrogens is 236 g/mol. The van der Waals surface area contributed by atoms with E-state index in [1.54, 1.807) is 22.6 Å². The first-order valence-electron chi connectivity index (χ1n) is 5.24. The van der Waals surface area contributed by atoms with Crippen molar-refractivity contribution < 1.29 is 4.79 Å². The number of hydrogen-bond donors (Lipinski definition) is 2. The molecule has 17 heavy (non-hydrogen) atoms. The molecule has 0 saturated heterocycles. The van der Waals surface area contributed by atoms with Crippen LogP contribution in [0.2, 0.25) is 0 Å². The van der Waals surface area contributed by atoms with Crippen molar-refractivity contribution in [2.24, 2.45) is 13.0 Å². The third kappa shape index (κ3) is 2.41. The predicted molar refractivity (Wildman–Crippen MR) is 68.7 cm³/mol. The van der Waals surface area contributed by atoms with Crippen LogP contribution >= 0.6 is 11.8 Å². The van der Waals surface area contributed by atoms with Crippen molar-refractivity contribution in [3.05, 3.63) is 24.2 Å². The topological polar surface area (TPSA) is 70.8 Å². The van der Waals surface area contributed by atoms with Gasteiger partial charge in [0, 0.05) is 36.1 Å². The number of rotatable bonds is 4. The van der Waals surface area contributed by atoms with Gasteiger partial charge in [0.15, 0.2) is 0 Å². The van der Waals surface area contributed by atoms with Crippen LogP contribution in [-0.2, 0) is 11.8 Å². The predicted octanol–water partition coefficient (Wildman–Crippen LogP) is 1.24. The Morgan fingerprint density at radius 3 is 3.06 bits per heavy atom. The highest BCUT2D eigenvalue weighted by molar-refractivity contribution is 8.09. The van der Waals surface area contributed by atoms with Crippen LogP contribution in [-0.4, -0.2) is 27.2 Å². The molecule has 90 valence electrons. The summed E-state index contributed by atoms with van der Waals surface area (Å²) in [6, 6.07) is 0. The van der Waals surface area contributed by atoms with Gasteiger partial charge in [-0.25, -0.2) is 0 Å². The van der Waals surface area contributed by atoms with Crippen molar-refractivity contribution in [2.45, 2.75) is 12.3 Å². The molecule has 0 aromatic carbocycles. The molecule has 0 amide bonds. The van der Waals surface area contributed by atoms with E-state index in [-0.39, 0.29) is 17.1 Å². The van der Waals surface area contributed by atoms with E-state index in [1.165, 1.54) is 13.1 Å². The summed E-state index contributed by atoms with van der Waals surface area (Å²) in [5, 5.41) is 14.5. The molecule has 0 saturated carbocycles. The van der Waals surface area contributed by atoms with Crippen molar-refractivity contribution in [1.82, 2.24) is 15.1 Å². The smallest absolute Gasteiger partial charge is 0.141 e. The highest BCUT2D eigenvalue weighted by Crippen LogP contribution is 2.36. The van der Waals surface area contributed by atoms with Gasteiger partial charge in [-0.1, -0.05) is 11.8 Å². The van der Waals surface area contributed by atoms with E-state index in [9.17, 15) is 4.79 Å². The second-order valence-corrected chi connectivity index (χ2v) is 5.10. The highest BCUT2D eigenvalue weighted by atomic mass is 32.2. The number of hydrogen-bond acceptors (Lipinski definition) is 5. The fraction of sp³-hybridized carbons (Fsp3) is 0.364. The summed E-state index contributed by atoms with van der Waals surface area (Å²) in [5.74, 6) is -0.378. The van der Waals surface area contributed by atoms with Gasteiger partial charge in [-0.15, -0.1) is 0 Å². The largest absolute Gasteiger partial charge is 0.377 e. The molecule has 2 N–H and O–H groups in total. The molecule has 1 aromatic rings. The molecule has 2 rings (SSSR count). The van der Waals surface area contributed by atoms with E-state index in [4.69, 9.17) is 5.41 Å². The van der Waals surface area contributed by atoms with E-state index in [0.29, 0.717) is 0 Å². The zero-order valence-corrected chi connectivity index (χ0v) is 10.5. The fourth-order valence-corrected chi connectivity index (χ4v) is 2.86. The summed E-state index contributed by atoms with van der Waals surface area (Å²) < 4.78 is 1.74. The number of carbonyl (C=O) groups is 1. The highest BCUT2D eigenvalue weighted by Gasteiger charge is 2.28. The Labute approximate surface area is 104 Å². The zero-order valence-electron chi connectivity index (χ0n) is 9.68. The number of thioether (sulfide) groups is 1. The van der Waals surface area contributed by atoms with Gasteiger partial charge in [-0.3, -0.25) is 9.48 Å². The number of aryl methyl sites for hydroxylation is 1. The number of Topliss-reactive ketones (excluding diaryl/α,β-unsaturated/α-hetero) is 1. The van der Waals surface area contributed by atoms with Gasteiger partial charge in [-0.2, -0.15) is 5.10 Å². The normalized spacial score (nSPS) is 20.6. The third-order valence-corrected chi connectivity index (χ3v) is 3.89. The number of carbonyl (C=O) groups excluding carboxylic acids is 1. The maximum absolute atomic E-state index is 11.4. The Morgan fingerprint density at radius 1 is 1.76 bits per heavy atom. The number of aromatic nitrogens is 2. The molecule has 6 heteroatoms. The van der Waals surface area contributed by atoms with Crippen molar-refractivity contribution in [2.75, 3.05) is 0 Å². The molecule has 1 aromatic heterocycles. The van der Waals surface area contributed by atoms with Gasteiger partial charge in [0.1, 0.15) is 5.78 Å². The molecule has 1 aliphatic heterocycles. The summed E-state index contributed by atoms with van der Waals surface area (Å²) in [7, 11) is 1.87. The molecule has 5 nitrogen and oxygen atoms in total. The third-order valence-electron chi connectivity index (χ3n) is 2.60. The Balaban J connectivity index is 2.08. The fourth-order valence-electron chi connectivity index (χ4n) is 1.66. The van der Waals surface area contributed by atoms with Crippen LogP contribution in [0.1, 0.15) is 12.5 Å². The molecule has 0 aliphatic carbocycles. The SMILES string of the molecule is CC(=O)C(C=N)C1NC=C(c2cnn(C)c2)S1. The molecule has 0 fully saturated rings. The van der Waals surface area contributed by atoms with Crippen LogP contribution in [0.5, 0.6) is 0 Å². The monoisotopic (exact) mass is 250 g/mol. The van der Waals surface area contributed by atoms with E-state index in [0.717, 1.165) is 10.5 Å². The summed E-state index contributed by atoms with van der Waals surface area (Å²) in [5.41, 5.74) is 1.03. The summed E-state index contributed by atoms with van der Waals surface area (Å²) in [6.07, 6.45) is 6.80. The molecule has 2 atom stereocenters. The maximum Gasteiger partial charge on any atom is 0.141 e. The molecule has 1 aliphatic rings. The second kappa shape index (κ2) is 4.75. The van der Waals surface area contributed by atoms with Crippen LogP contribution in [0.4, 0.5) is 0 Å². The standard InChI is InChI=1S/C11H14N4OS/c1-7(16)9(3-12)11-13-5-10(17-11)8-4-14-15(2)6-8/h3-6,9,11-13H,1-2H3. The molecule has 2 heterocycles. The van der Waals surface area contributed by atoms with Crippen molar-refractivity contribution >= 4 is 28.7 Å². The lowest BCUT2D eigenvalue weighted by Gasteiger charge is -2.16. The first kappa shape index (κ1) is 11.9. The molecule has 0 radical (unpaired) electrons.